The Morgan fingerprint density at radius 2 is 2.20 bits per heavy atom. The number of aliphatic hydroxyl groups excluding tert-OH is 1. The summed E-state index contributed by atoms with van der Waals surface area (Å²) in [5, 5.41) is 11.6. The summed E-state index contributed by atoms with van der Waals surface area (Å²) in [6.07, 6.45) is 0.441. The van der Waals surface area contributed by atoms with E-state index in [1.807, 2.05) is 26.2 Å². The molecule has 0 saturated heterocycles. The number of benzene rings is 1. The fourth-order valence-electron chi connectivity index (χ4n) is 1.48. The molecular weight excluding hydrogens is 252 g/mol. The average molecular weight is 274 g/mol. The van der Waals surface area contributed by atoms with Gasteiger partial charge in [-0.1, -0.05) is 17.9 Å². The first-order chi connectivity index (χ1) is 9.54. The van der Waals surface area contributed by atoms with Crippen LogP contribution in [0.15, 0.2) is 24.3 Å². The Morgan fingerprint density at radius 1 is 1.45 bits per heavy atom. The van der Waals surface area contributed by atoms with E-state index in [1.54, 1.807) is 12.1 Å². The normalized spacial score (nSPS) is 11.7. The molecule has 1 unspecified atom stereocenters. The topological polar surface area (TPSA) is 52.6 Å². The van der Waals surface area contributed by atoms with Gasteiger partial charge in [0.2, 0.25) is 0 Å². The zero-order valence-corrected chi connectivity index (χ0v) is 12.3. The van der Waals surface area contributed by atoms with Gasteiger partial charge >= 0.3 is 0 Å². The Kier molecular flexibility index (Phi) is 6.78. The molecule has 0 bridgehead atoms. The van der Waals surface area contributed by atoms with Crippen molar-refractivity contribution in [3.05, 3.63) is 35.4 Å². The lowest BCUT2D eigenvalue weighted by Gasteiger charge is -2.19. The van der Waals surface area contributed by atoms with Gasteiger partial charge in [-0.15, -0.1) is 0 Å². The summed E-state index contributed by atoms with van der Waals surface area (Å²) in [6.45, 7) is 2.71. The number of hydrogen-bond acceptors (Lipinski definition) is 3. The average Bonchev–Trinajstić information content (AvgIpc) is 2.44. The number of carbonyl (C=O) groups excluding carboxylic acids is 1. The molecule has 0 radical (unpaired) electrons. The molecule has 0 aliphatic heterocycles. The minimum atomic E-state index is -0.0930. The van der Waals surface area contributed by atoms with Crippen LogP contribution in [-0.4, -0.2) is 49.2 Å². The lowest BCUT2D eigenvalue weighted by Crippen LogP contribution is -2.38. The third-order valence-corrected chi connectivity index (χ3v) is 3.03. The van der Waals surface area contributed by atoms with Crippen molar-refractivity contribution in [2.45, 2.75) is 19.4 Å². The first-order valence-electron chi connectivity index (χ1n) is 6.69. The highest BCUT2D eigenvalue weighted by Crippen LogP contribution is 2.04. The molecule has 2 N–H and O–H groups in total. The van der Waals surface area contributed by atoms with Crippen LogP contribution in [0.2, 0.25) is 0 Å². The van der Waals surface area contributed by atoms with E-state index >= 15 is 0 Å². The van der Waals surface area contributed by atoms with E-state index < -0.39 is 0 Å². The van der Waals surface area contributed by atoms with Gasteiger partial charge in [-0.3, -0.25) is 4.79 Å². The van der Waals surface area contributed by atoms with Crippen LogP contribution in [0.3, 0.4) is 0 Å². The number of nitrogens with one attached hydrogen (secondary N) is 1. The summed E-state index contributed by atoms with van der Waals surface area (Å²) >= 11 is 0. The lowest BCUT2D eigenvalue weighted by molar-refractivity contribution is 0.0943. The predicted octanol–water partition coefficient (Wildman–Crippen LogP) is 1.10. The lowest BCUT2D eigenvalue weighted by atomic mass is 10.1. The van der Waals surface area contributed by atoms with Crippen LogP contribution < -0.4 is 5.32 Å². The predicted molar refractivity (Wildman–Crippen MR) is 80.5 cm³/mol. The second-order valence-corrected chi connectivity index (χ2v) is 4.88. The van der Waals surface area contributed by atoms with Gasteiger partial charge in [-0.25, -0.2) is 0 Å². The van der Waals surface area contributed by atoms with E-state index in [9.17, 15) is 4.79 Å². The molecule has 4 nitrogen and oxygen atoms in total. The number of hydrogen-bond donors (Lipinski definition) is 2. The largest absolute Gasteiger partial charge is 0.395 e. The minimum absolute atomic E-state index is 0.0512. The monoisotopic (exact) mass is 274 g/mol. The minimum Gasteiger partial charge on any atom is -0.395 e. The highest BCUT2D eigenvalue weighted by molar-refractivity contribution is 5.94. The summed E-state index contributed by atoms with van der Waals surface area (Å²) < 4.78 is 0. The Labute approximate surface area is 120 Å². The molecule has 0 saturated carbocycles. The second kappa shape index (κ2) is 8.36. The molecule has 4 heteroatoms. The van der Waals surface area contributed by atoms with Crippen molar-refractivity contribution < 1.29 is 9.90 Å². The van der Waals surface area contributed by atoms with Crippen molar-refractivity contribution in [3.8, 4) is 11.8 Å². The maximum atomic E-state index is 12.0. The molecule has 1 atom stereocenters. The Hall–Kier alpha value is -1.83. The van der Waals surface area contributed by atoms with Gasteiger partial charge < -0.3 is 15.3 Å². The molecule has 0 aromatic heterocycles. The number of likely N-dealkylation sites (N-methyl/N-ethyl adjacent to an activating group) is 1. The van der Waals surface area contributed by atoms with Gasteiger partial charge in [0.15, 0.2) is 0 Å². The van der Waals surface area contributed by atoms with Crippen LogP contribution >= 0.6 is 0 Å². The molecule has 108 valence electrons. The third-order valence-electron chi connectivity index (χ3n) is 3.03. The maximum Gasteiger partial charge on any atom is 0.251 e. The molecule has 0 fully saturated rings. The smallest absolute Gasteiger partial charge is 0.251 e. The van der Waals surface area contributed by atoms with Gasteiger partial charge in [-0.05, 0) is 39.2 Å². The summed E-state index contributed by atoms with van der Waals surface area (Å²) in [7, 11) is 3.96. The first kappa shape index (κ1) is 16.2. The maximum absolute atomic E-state index is 12.0. The number of carbonyl (C=O) groups is 1. The summed E-state index contributed by atoms with van der Waals surface area (Å²) in [4.78, 5) is 14.1. The molecule has 0 heterocycles. The van der Waals surface area contributed by atoms with Crippen molar-refractivity contribution in [1.82, 2.24) is 10.2 Å². The van der Waals surface area contributed by atoms with Crippen LogP contribution in [0.25, 0.3) is 0 Å². The molecule has 1 rings (SSSR count). The molecule has 1 aromatic rings. The number of nitrogens with zero attached hydrogens (tertiary/aromatic N) is 1. The van der Waals surface area contributed by atoms with E-state index in [1.165, 1.54) is 0 Å². The zero-order valence-electron chi connectivity index (χ0n) is 12.3. The van der Waals surface area contributed by atoms with Crippen molar-refractivity contribution >= 4 is 5.91 Å². The standard InChI is InChI=1S/C16H22N2O2/c1-13(18(2)3)12-17-16(20)15-9-6-8-14(11-15)7-4-5-10-19/h6,8-9,11,13,19H,5,10,12H2,1-3H3,(H,17,20). The van der Waals surface area contributed by atoms with Gasteiger partial charge in [0, 0.05) is 30.1 Å². The number of rotatable bonds is 5. The Balaban J connectivity index is 2.65. The summed E-state index contributed by atoms with van der Waals surface area (Å²) in [5.41, 5.74) is 1.39. The molecule has 0 aliphatic carbocycles. The molecule has 20 heavy (non-hydrogen) atoms. The van der Waals surface area contributed by atoms with E-state index in [0.717, 1.165) is 5.56 Å². The Morgan fingerprint density at radius 3 is 2.85 bits per heavy atom. The number of aliphatic hydroxyl groups is 1. The highest BCUT2D eigenvalue weighted by Gasteiger charge is 2.09. The Bertz CT molecular complexity index is 501. The van der Waals surface area contributed by atoms with Crippen LogP contribution in [0.1, 0.15) is 29.3 Å². The summed E-state index contributed by atoms with van der Waals surface area (Å²) in [6, 6.07) is 7.48. The molecule has 1 aromatic carbocycles. The fourth-order valence-corrected chi connectivity index (χ4v) is 1.48. The van der Waals surface area contributed by atoms with Crippen molar-refractivity contribution in [3.63, 3.8) is 0 Å². The zero-order chi connectivity index (χ0) is 15.0. The fraction of sp³-hybridized carbons (Fsp3) is 0.438. The van der Waals surface area contributed by atoms with Gasteiger partial charge in [0.05, 0.1) is 6.61 Å². The SMILES string of the molecule is CC(CNC(=O)c1cccc(C#CCCO)c1)N(C)C. The van der Waals surface area contributed by atoms with Crippen LogP contribution in [0.5, 0.6) is 0 Å². The van der Waals surface area contributed by atoms with Crippen molar-refractivity contribution in [2.24, 2.45) is 0 Å². The summed E-state index contributed by atoms with van der Waals surface area (Å²) in [5.74, 6) is 5.68. The quantitative estimate of drug-likeness (QED) is 0.791. The molecule has 0 aliphatic rings. The second-order valence-electron chi connectivity index (χ2n) is 4.88. The van der Waals surface area contributed by atoms with E-state index in [4.69, 9.17) is 5.11 Å². The van der Waals surface area contributed by atoms with Crippen LogP contribution in [0, 0.1) is 11.8 Å². The molecule has 1 amide bonds. The van der Waals surface area contributed by atoms with Crippen LogP contribution in [-0.2, 0) is 0 Å². The number of amides is 1. The van der Waals surface area contributed by atoms with Crippen LogP contribution in [0.4, 0.5) is 0 Å². The van der Waals surface area contributed by atoms with E-state index in [0.29, 0.717) is 18.5 Å². The van der Waals surface area contributed by atoms with E-state index in [-0.39, 0.29) is 18.6 Å². The van der Waals surface area contributed by atoms with Gasteiger partial charge in [-0.2, -0.15) is 0 Å². The molecular formula is C16H22N2O2. The van der Waals surface area contributed by atoms with Crippen molar-refractivity contribution in [1.29, 1.82) is 0 Å². The van der Waals surface area contributed by atoms with Crippen molar-refractivity contribution in [2.75, 3.05) is 27.2 Å². The first-order valence-corrected chi connectivity index (χ1v) is 6.69. The van der Waals surface area contributed by atoms with Gasteiger partial charge in [0.1, 0.15) is 0 Å². The highest BCUT2D eigenvalue weighted by atomic mass is 16.2. The molecule has 0 spiro atoms. The van der Waals surface area contributed by atoms with E-state index in [2.05, 4.69) is 29.0 Å². The van der Waals surface area contributed by atoms with Gasteiger partial charge in [0.25, 0.3) is 5.91 Å². The third kappa shape index (κ3) is 5.43.